The summed E-state index contributed by atoms with van der Waals surface area (Å²) < 4.78 is 31.7. The van der Waals surface area contributed by atoms with Gasteiger partial charge in [0.1, 0.15) is 6.54 Å². The molecule has 7 nitrogen and oxygen atoms in total. The largest absolute Gasteiger partial charge is 0.452 e. The fourth-order valence-corrected chi connectivity index (χ4v) is 3.63. The van der Waals surface area contributed by atoms with E-state index >= 15 is 0 Å². The van der Waals surface area contributed by atoms with Crippen LogP contribution in [0.2, 0.25) is 10.0 Å². The zero-order valence-corrected chi connectivity index (χ0v) is 18.3. The third-order valence-corrected chi connectivity index (χ3v) is 6.02. The number of nitrogens with one attached hydrogen (secondary N) is 2. The summed E-state index contributed by atoms with van der Waals surface area (Å²) in [7, 11) is -3.89. The van der Waals surface area contributed by atoms with Crippen LogP contribution in [-0.2, 0) is 24.3 Å². The van der Waals surface area contributed by atoms with Gasteiger partial charge >= 0.3 is 5.97 Å². The topological polar surface area (TPSA) is 102 Å². The van der Waals surface area contributed by atoms with E-state index in [0.717, 1.165) is 11.1 Å². The number of sulfonamides is 1. The second kappa shape index (κ2) is 9.58. The fourth-order valence-electron chi connectivity index (χ4n) is 2.24. The maximum Gasteiger partial charge on any atom is 0.321 e. The normalized spacial score (nSPS) is 12.3. The van der Waals surface area contributed by atoms with Gasteiger partial charge in [-0.1, -0.05) is 29.3 Å². The number of halogens is 2. The van der Waals surface area contributed by atoms with Gasteiger partial charge in [0.05, 0.1) is 15.6 Å². The first-order valence-electron chi connectivity index (χ1n) is 8.52. The van der Waals surface area contributed by atoms with Crippen LogP contribution in [0.15, 0.2) is 41.3 Å². The van der Waals surface area contributed by atoms with Gasteiger partial charge in [0.2, 0.25) is 10.0 Å². The van der Waals surface area contributed by atoms with Crippen LogP contribution < -0.4 is 10.0 Å². The molecule has 29 heavy (non-hydrogen) atoms. The Morgan fingerprint density at radius 1 is 1.07 bits per heavy atom. The monoisotopic (exact) mass is 458 g/mol. The first-order chi connectivity index (χ1) is 13.5. The Kier molecular flexibility index (Phi) is 7.65. The number of anilines is 1. The Morgan fingerprint density at radius 2 is 1.76 bits per heavy atom. The average Bonchev–Trinajstić information content (AvgIpc) is 2.65. The molecule has 0 spiro atoms. The molecule has 0 heterocycles. The lowest BCUT2D eigenvalue weighted by Crippen LogP contribution is -2.35. The molecule has 0 aliphatic rings. The molecule has 0 saturated carbocycles. The number of benzene rings is 2. The summed E-state index contributed by atoms with van der Waals surface area (Å²) in [5.41, 5.74) is 2.02. The number of hydrogen-bond donors (Lipinski definition) is 2. The maximum atomic E-state index is 12.3. The molecule has 1 atom stereocenters. The smallest absolute Gasteiger partial charge is 0.321 e. The molecule has 0 saturated heterocycles. The van der Waals surface area contributed by atoms with E-state index in [1.54, 1.807) is 19.1 Å². The summed E-state index contributed by atoms with van der Waals surface area (Å²) in [6.45, 7) is 4.38. The molecule has 2 N–H and O–H groups in total. The van der Waals surface area contributed by atoms with Gasteiger partial charge in [0, 0.05) is 5.02 Å². The highest BCUT2D eigenvalue weighted by Gasteiger charge is 2.21. The van der Waals surface area contributed by atoms with Gasteiger partial charge in [0.15, 0.2) is 6.10 Å². The number of aryl methyl sites for hydroxylation is 2. The van der Waals surface area contributed by atoms with Gasteiger partial charge < -0.3 is 10.1 Å². The lowest BCUT2D eigenvalue weighted by Gasteiger charge is -2.15. The van der Waals surface area contributed by atoms with Gasteiger partial charge in [-0.2, -0.15) is 4.72 Å². The van der Waals surface area contributed by atoms with E-state index in [4.69, 9.17) is 27.9 Å². The van der Waals surface area contributed by atoms with Crippen LogP contribution in [0.5, 0.6) is 0 Å². The molecule has 1 amide bonds. The molecule has 1 unspecified atom stereocenters. The Balaban J connectivity index is 1.93. The predicted octanol–water partition coefficient (Wildman–Crippen LogP) is 3.46. The summed E-state index contributed by atoms with van der Waals surface area (Å²) in [6.07, 6.45) is -1.18. The van der Waals surface area contributed by atoms with Crippen LogP contribution in [0.3, 0.4) is 0 Å². The third-order valence-electron chi connectivity index (χ3n) is 4.06. The van der Waals surface area contributed by atoms with Crippen molar-refractivity contribution in [3.63, 3.8) is 0 Å². The average molecular weight is 459 g/mol. The van der Waals surface area contributed by atoms with Crippen molar-refractivity contribution < 1.29 is 22.7 Å². The minimum absolute atomic E-state index is 0.0368. The number of amides is 1. The molecule has 0 radical (unpaired) electrons. The highest BCUT2D eigenvalue weighted by atomic mass is 35.5. The van der Waals surface area contributed by atoms with Crippen LogP contribution >= 0.6 is 23.2 Å². The van der Waals surface area contributed by atoms with E-state index in [1.807, 2.05) is 6.92 Å². The molecule has 2 aromatic carbocycles. The van der Waals surface area contributed by atoms with Crippen LogP contribution in [-0.4, -0.2) is 32.9 Å². The van der Waals surface area contributed by atoms with E-state index in [-0.39, 0.29) is 15.6 Å². The van der Waals surface area contributed by atoms with E-state index in [2.05, 4.69) is 10.0 Å². The van der Waals surface area contributed by atoms with Gasteiger partial charge in [0.25, 0.3) is 5.91 Å². The Bertz CT molecular complexity index is 1040. The third kappa shape index (κ3) is 6.43. The van der Waals surface area contributed by atoms with Crippen molar-refractivity contribution >= 4 is 50.8 Å². The highest BCUT2D eigenvalue weighted by Crippen LogP contribution is 2.25. The Morgan fingerprint density at radius 3 is 2.41 bits per heavy atom. The molecule has 0 aliphatic heterocycles. The maximum absolute atomic E-state index is 12.3. The second-order valence-corrected chi connectivity index (χ2v) is 8.93. The molecular weight excluding hydrogens is 439 g/mol. The van der Waals surface area contributed by atoms with Gasteiger partial charge in [-0.05, 0) is 62.2 Å². The highest BCUT2D eigenvalue weighted by molar-refractivity contribution is 7.89. The number of carbonyl (C=O) groups is 2. The molecule has 0 aromatic heterocycles. The number of hydrogen-bond acceptors (Lipinski definition) is 5. The van der Waals surface area contributed by atoms with Crippen molar-refractivity contribution in [3.8, 4) is 0 Å². The van der Waals surface area contributed by atoms with Crippen molar-refractivity contribution in [1.82, 2.24) is 4.72 Å². The van der Waals surface area contributed by atoms with Crippen LogP contribution in [0.25, 0.3) is 0 Å². The fraction of sp³-hybridized carbons (Fsp3) is 0.263. The van der Waals surface area contributed by atoms with E-state index in [9.17, 15) is 18.0 Å². The van der Waals surface area contributed by atoms with Gasteiger partial charge in [-0.25, -0.2) is 8.42 Å². The summed E-state index contributed by atoms with van der Waals surface area (Å²) in [6, 6.07) is 9.15. The number of rotatable bonds is 7. The predicted molar refractivity (Wildman–Crippen MR) is 112 cm³/mol. The summed E-state index contributed by atoms with van der Waals surface area (Å²) in [5, 5.41) is 3.13. The van der Waals surface area contributed by atoms with E-state index in [1.165, 1.54) is 31.2 Å². The summed E-state index contributed by atoms with van der Waals surface area (Å²) in [5.74, 6) is -1.54. The molecular formula is C19H20Cl2N2O5S. The van der Waals surface area contributed by atoms with Crippen LogP contribution in [0.1, 0.15) is 18.1 Å². The molecule has 0 aliphatic carbocycles. The van der Waals surface area contributed by atoms with Crippen molar-refractivity contribution in [2.75, 3.05) is 11.9 Å². The molecule has 0 fully saturated rings. The van der Waals surface area contributed by atoms with E-state index < -0.39 is 34.5 Å². The van der Waals surface area contributed by atoms with Crippen LogP contribution in [0.4, 0.5) is 5.69 Å². The molecule has 156 valence electrons. The van der Waals surface area contributed by atoms with Crippen molar-refractivity contribution in [1.29, 1.82) is 0 Å². The molecule has 0 bridgehead atoms. The summed E-state index contributed by atoms with van der Waals surface area (Å²) >= 11 is 11.8. The molecule has 10 heteroatoms. The van der Waals surface area contributed by atoms with Crippen molar-refractivity contribution in [2.45, 2.75) is 31.8 Å². The van der Waals surface area contributed by atoms with Crippen molar-refractivity contribution in [2.24, 2.45) is 0 Å². The first kappa shape index (κ1) is 23.2. The first-order valence-corrected chi connectivity index (χ1v) is 10.8. The second-order valence-electron chi connectivity index (χ2n) is 6.32. The zero-order chi connectivity index (χ0) is 21.8. The Labute approximate surface area is 179 Å². The molecule has 2 aromatic rings. The summed E-state index contributed by atoms with van der Waals surface area (Å²) in [4.78, 5) is 24.2. The van der Waals surface area contributed by atoms with Gasteiger partial charge in [-0.3, -0.25) is 9.59 Å². The van der Waals surface area contributed by atoms with Crippen LogP contribution in [0, 0.1) is 13.8 Å². The lowest BCUT2D eigenvalue weighted by atomic mass is 10.1. The van der Waals surface area contributed by atoms with E-state index in [0.29, 0.717) is 5.02 Å². The minimum Gasteiger partial charge on any atom is -0.452 e. The van der Waals surface area contributed by atoms with Gasteiger partial charge in [-0.15, -0.1) is 0 Å². The number of esters is 1. The molecule has 2 rings (SSSR count). The quantitative estimate of drug-likeness (QED) is 0.618. The SMILES string of the molecule is Cc1ccc(S(=O)(=O)NCC(=O)OC(C)C(=O)Nc2cc(Cl)ccc2Cl)cc1C. The number of carbonyl (C=O) groups excluding carboxylic acids is 2. The Hall–Kier alpha value is -2.13. The lowest BCUT2D eigenvalue weighted by molar-refractivity contribution is -0.151. The van der Waals surface area contributed by atoms with Crippen molar-refractivity contribution in [3.05, 3.63) is 57.6 Å². The minimum atomic E-state index is -3.89. The number of ether oxygens (including phenoxy) is 1. The zero-order valence-electron chi connectivity index (χ0n) is 16.0. The standard InChI is InChI=1S/C19H20Cl2N2O5S/c1-11-4-6-15(8-12(11)2)29(26,27)22-10-18(24)28-13(3)19(25)23-17-9-14(20)5-7-16(17)21/h4-9,13,22H,10H2,1-3H3,(H,23,25).